The zero-order valence-electron chi connectivity index (χ0n) is 11.1. The van der Waals surface area contributed by atoms with Crippen molar-refractivity contribution in [2.75, 3.05) is 27.2 Å². The first-order valence-electron chi connectivity index (χ1n) is 5.93. The van der Waals surface area contributed by atoms with E-state index in [1.165, 1.54) is 12.2 Å². The maximum atomic E-state index is 12.0. The minimum absolute atomic E-state index is 0.0814. The van der Waals surface area contributed by atoms with Gasteiger partial charge in [0.05, 0.1) is 13.0 Å². The molecule has 0 aromatic carbocycles. The average Bonchev–Trinajstić information content (AvgIpc) is 2.26. The first-order valence-corrected chi connectivity index (χ1v) is 5.93. The first kappa shape index (κ1) is 13.5. The Hall–Kier alpha value is -0.610. The third kappa shape index (κ3) is 3.19. The van der Waals surface area contributed by atoms with Gasteiger partial charge < -0.3 is 0 Å². The van der Waals surface area contributed by atoms with Crippen molar-refractivity contribution in [3.05, 3.63) is 0 Å². The van der Waals surface area contributed by atoms with Crippen molar-refractivity contribution in [3.63, 3.8) is 0 Å². The van der Waals surface area contributed by atoms with Crippen molar-refractivity contribution >= 4 is 5.91 Å². The summed E-state index contributed by atoms with van der Waals surface area (Å²) < 4.78 is 0. The fourth-order valence-corrected chi connectivity index (χ4v) is 2.14. The number of rotatable bonds is 2. The molecular formula is C12H24N2O2. The molecule has 1 heterocycles. The van der Waals surface area contributed by atoms with Gasteiger partial charge in [-0.15, -0.1) is 0 Å². The monoisotopic (exact) mass is 228 g/mol. The fraction of sp³-hybridized carbons (Fsp3) is 0.917. The number of piperidine rings is 1. The van der Waals surface area contributed by atoms with E-state index in [0.29, 0.717) is 0 Å². The second kappa shape index (κ2) is 5.15. The first-order chi connectivity index (χ1) is 7.36. The maximum Gasteiger partial charge on any atom is 0.250 e. The summed E-state index contributed by atoms with van der Waals surface area (Å²) >= 11 is 0. The molecule has 0 aliphatic carbocycles. The van der Waals surface area contributed by atoms with Crippen molar-refractivity contribution in [1.82, 2.24) is 9.96 Å². The minimum Gasteiger partial charge on any atom is -0.298 e. The smallest absolute Gasteiger partial charge is 0.250 e. The van der Waals surface area contributed by atoms with Crippen LogP contribution in [0.5, 0.6) is 0 Å². The Balaban J connectivity index is 2.60. The van der Waals surface area contributed by atoms with E-state index in [2.05, 4.69) is 25.7 Å². The molecule has 0 aromatic rings. The highest BCUT2D eigenvalue weighted by Gasteiger charge is 2.32. The van der Waals surface area contributed by atoms with Gasteiger partial charge in [-0.3, -0.25) is 14.5 Å². The van der Waals surface area contributed by atoms with E-state index >= 15 is 0 Å². The molecule has 1 aliphatic rings. The Kier molecular flexibility index (Phi) is 4.33. The van der Waals surface area contributed by atoms with Gasteiger partial charge in [-0.25, -0.2) is 5.06 Å². The van der Waals surface area contributed by atoms with Crippen molar-refractivity contribution in [2.24, 2.45) is 5.92 Å². The van der Waals surface area contributed by atoms with Crippen molar-refractivity contribution in [2.45, 2.75) is 39.2 Å². The van der Waals surface area contributed by atoms with E-state index in [1.807, 2.05) is 0 Å². The second-order valence-corrected chi connectivity index (χ2v) is 5.47. The molecule has 1 amide bonds. The van der Waals surface area contributed by atoms with Gasteiger partial charge in [-0.2, -0.15) is 0 Å². The summed E-state index contributed by atoms with van der Waals surface area (Å²) in [7, 11) is 3.21. The third-order valence-electron chi connectivity index (χ3n) is 3.30. The van der Waals surface area contributed by atoms with Crippen LogP contribution in [0.4, 0.5) is 0 Å². The Morgan fingerprint density at radius 2 is 2.06 bits per heavy atom. The maximum absolute atomic E-state index is 12.0. The van der Waals surface area contributed by atoms with Crippen LogP contribution in [0, 0.1) is 5.92 Å². The molecule has 94 valence electrons. The lowest BCUT2D eigenvalue weighted by atomic mass is 9.93. The molecule has 4 nitrogen and oxygen atoms in total. The Morgan fingerprint density at radius 3 is 2.56 bits per heavy atom. The summed E-state index contributed by atoms with van der Waals surface area (Å²) in [4.78, 5) is 19.3. The standard InChI is InChI=1S/C12H24N2O2/c1-12(2,3)14-8-6-7-10(9-14)11(15)13(4)16-5/h10H,6-9H2,1-5H3/t10-/m1/s1. The molecule has 1 saturated heterocycles. The Bertz CT molecular complexity index is 248. The molecule has 16 heavy (non-hydrogen) atoms. The SMILES string of the molecule is CON(C)C(=O)[C@@H]1CCCN(C(C)(C)C)C1. The lowest BCUT2D eigenvalue weighted by molar-refractivity contribution is -0.175. The number of amides is 1. The fourth-order valence-electron chi connectivity index (χ4n) is 2.14. The number of hydrogen-bond donors (Lipinski definition) is 0. The molecule has 0 aromatic heterocycles. The average molecular weight is 228 g/mol. The van der Waals surface area contributed by atoms with Gasteiger partial charge in [0.25, 0.3) is 0 Å². The lowest BCUT2D eigenvalue weighted by Gasteiger charge is -2.41. The summed E-state index contributed by atoms with van der Waals surface area (Å²) in [6, 6.07) is 0. The Morgan fingerprint density at radius 1 is 1.44 bits per heavy atom. The van der Waals surface area contributed by atoms with E-state index in [-0.39, 0.29) is 17.4 Å². The van der Waals surface area contributed by atoms with E-state index < -0.39 is 0 Å². The van der Waals surface area contributed by atoms with Gasteiger partial charge >= 0.3 is 0 Å². The van der Waals surface area contributed by atoms with E-state index in [0.717, 1.165) is 25.9 Å². The highest BCUT2D eigenvalue weighted by Crippen LogP contribution is 2.24. The van der Waals surface area contributed by atoms with Crippen LogP contribution < -0.4 is 0 Å². The lowest BCUT2D eigenvalue weighted by Crippen LogP contribution is -2.50. The van der Waals surface area contributed by atoms with Gasteiger partial charge in [0.2, 0.25) is 5.91 Å². The summed E-state index contributed by atoms with van der Waals surface area (Å²) in [5.74, 6) is 0.175. The van der Waals surface area contributed by atoms with Crippen LogP contribution in [0.15, 0.2) is 0 Å². The molecule has 0 bridgehead atoms. The van der Waals surface area contributed by atoms with Crippen LogP contribution in [0.1, 0.15) is 33.6 Å². The van der Waals surface area contributed by atoms with E-state index in [9.17, 15) is 4.79 Å². The number of hydrogen-bond acceptors (Lipinski definition) is 3. The normalized spacial score (nSPS) is 23.2. The van der Waals surface area contributed by atoms with Gasteiger partial charge in [0.15, 0.2) is 0 Å². The summed E-state index contributed by atoms with van der Waals surface area (Å²) in [6.45, 7) is 8.51. The number of carbonyl (C=O) groups is 1. The summed E-state index contributed by atoms with van der Waals surface area (Å²) in [6.07, 6.45) is 2.06. The summed E-state index contributed by atoms with van der Waals surface area (Å²) in [5, 5.41) is 1.34. The molecule has 0 radical (unpaired) electrons. The zero-order chi connectivity index (χ0) is 12.3. The molecule has 1 fully saturated rings. The van der Waals surface area contributed by atoms with E-state index in [4.69, 9.17) is 4.84 Å². The van der Waals surface area contributed by atoms with Gasteiger partial charge in [-0.05, 0) is 40.2 Å². The molecule has 0 N–H and O–H groups in total. The minimum atomic E-state index is 0.0814. The van der Waals surface area contributed by atoms with Crippen molar-refractivity contribution < 1.29 is 9.63 Å². The predicted octanol–water partition coefficient (Wildman–Crippen LogP) is 1.52. The van der Waals surface area contributed by atoms with Gasteiger partial charge in [0.1, 0.15) is 0 Å². The molecule has 0 saturated carbocycles. The van der Waals surface area contributed by atoms with Crippen LogP contribution in [-0.2, 0) is 9.63 Å². The molecule has 4 heteroatoms. The van der Waals surface area contributed by atoms with Crippen LogP contribution >= 0.6 is 0 Å². The van der Waals surface area contributed by atoms with Gasteiger partial charge in [0, 0.05) is 19.1 Å². The quantitative estimate of drug-likeness (QED) is 0.672. The number of nitrogens with zero attached hydrogens (tertiary/aromatic N) is 2. The molecule has 0 spiro atoms. The van der Waals surface area contributed by atoms with E-state index in [1.54, 1.807) is 7.05 Å². The molecule has 0 unspecified atom stereocenters. The van der Waals surface area contributed by atoms with Crippen LogP contribution in [0.2, 0.25) is 0 Å². The number of carbonyl (C=O) groups excluding carboxylic acids is 1. The van der Waals surface area contributed by atoms with Crippen LogP contribution in [0.25, 0.3) is 0 Å². The number of likely N-dealkylation sites (tertiary alicyclic amines) is 1. The molecule has 1 rings (SSSR count). The van der Waals surface area contributed by atoms with Crippen LogP contribution in [-0.4, -0.2) is 48.7 Å². The molecular weight excluding hydrogens is 204 g/mol. The van der Waals surface area contributed by atoms with Crippen molar-refractivity contribution in [3.8, 4) is 0 Å². The number of hydroxylamine groups is 2. The Labute approximate surface area is 98.5 Å². The van der Waals surface area contributed by atoms with Crippen molar-refractivity contribution in [1.29, 1.82) is 0 Å². The second-order valence-electron chi connectivity index (χ2n) is 5.47. The largest absolute Gasteiger partial charge is 0.298 e. The third-order valence-corrected chi connectivity index (χ3v) is 3.30. The highest BCUT2D eigenvalue weighted by molar-refractivity contribution is 5.77. The molecule has 1 aliphatic heterocycles. The highest BCUT2D eigenvalue weighted by atomic mass is 16.7. The topological polar surface area (TPSA) is 32.8 Å². The zero-order valence-corrected chi connectivity index (χ0v) is 11.1. The van der Waals surface area contributed by atoms with Gasteiger partial charge in [-0.1, -0.05) is 0 Å². The van der Waals surface area contributed by atoms with Crippen LogP contribution in [0.3, 0.4) is 0 Å². The predicted molar refractivity (Wildman–Crippen MR) is 63.8 cm³/mol. The molecule has 1 atom stereocenters. The summed E-state index contributed by atoms with van der Waals surface area (Å²) in [5.41, 5.74) is 0.143.